The summed E-state index contributed by atoms with van der Waals surface area (Å²) in [5.74, 6) is 0.789. The minimum absolute atomic E-state index is 0.165. The van der Waals surface area contributed by atoms with Gasteiger partial charge in [-0.3, -0.25) is 0 Å². The SMILES string of the molecule is C=C/C(C)=C(\C=C)C(C)(C)CC(C)(C)C.CC.CC.CC.CC(C)CC(C)(C)N(C)C. The molecule has 0 aliphatic rings. The van der Waals surface area contributed by atoms with Crippen LogP contribution in [0.3, 0.4) is 0 Å². The van der Waals surface area contributed by atoms with Gasteiger partial charge in [-0.25, -0.2) is 0 Å². The van der Waals surface area contributed by atoms with Gasteiger partial charge in [0.2, 0.25) is 0 Å². The van der Waals surface area contributed by atoms with Crippen molar-refractivity contribution < 1.29 is 0 Å². The Morgan fingerprint density at radius 1 is 0.774 bits per heavy atom. The Bertz CT molecular complexity index is 440. The molecule has 190 valence electrons. The molecule has 0 rings (SSSR count). The van der Waals surface area contributed by atoms with Gasteiger partial charge in [0.15, 0.2) is 0 Å². The number of hydrogen-bond acceptors (Lipinski definition) is 1. The molecule has 0 aromatic carbocycles. The van der Waals surface area contributed by atoms with Crippen LogP contribution < -0.4 is 0 Å². The van der Waals surface area contributed by atoms with Crippen LogP contribution in [0, 0.1) is 16.7 Å². The number of hydrogen-bond donors (Lipinski definition) is 0. The average Bonchev–Trinajstić information content (AvgIpc) is 2.64. The van der Waals surface area contributed by atoms with Crippen molar-refractivity contribution in [3.63, 3.8) is 0 Å². The molecule has 1 heteroatoms. The highest BCUT2D eigenvalue weighted by Gasteiger charge is 2.28. The summed E-state index contributed by atoms with van der Waals surface area (Å²) in [5.41, 5.74) is 3.40. The molecule has 0 bridgehead atoms. The molecule has 0 fully saturated rings. The van der Waals surface area contributed by atoms with Gasteiger partial charge in [0.05, 0.1) is 0 Å². The summed E-state index contributed by atoms with van der Waals surface area (Å²) in [7, 11) is 4.28. The fourth-order valence-electron chi connectivity index (χ4n) is 3.68. The van der Waals surface area contributed by atoms with E-state index in [4.69, 9.17) is 0 Å². The highest BCUT2D eigenvalue weighted by molar-refractivity contribution is 5.34. The van der Waals surface area contributed by atoms with E-state index >= 15 is 0 Å². The van der Waals surface area contributed by atoms with Crippen molar-refractivity contribution in [2.24, 2.45) is 16.7 Å². The van der Waals surface area contributed by atoms with Gasteiger partial charge in [0.25, 0.3) is 0 Å². The normalized spacial score (nSPS) is 11.9. The zero-order valence-corrected chi connectivity index (χ0v) is 25.5. The molecular formula is C30H65N. The monoisotopic (exact) mass is 440 g/mol. The Kier molecular flexibility index (Phi) is 27.5. The van der Waals surface area contributed by atoms with E-state index in [-0.39, 0.29) is 5.41 Å². The molecule has 0 aromatic rings. The summed E-state index contributed by atoms with van der Waals surface area (Å²) in [6.45, 7) is 42.4. The summed E-state index contributed by atoms with van der Waals surface area (Å²) >= 11 is 0. The van der Waals surface area contributed by atoms with Gasteiger partial charge in [0, 0.05) is 5.54 Å². The quantitative estimate of drug-likeness (QED) is 0.356. The fraction of sp³-hybridized carbons (Fsp3) is 0.800. The van der Waals surface area contributed by atoms with Gasteiger partial charge >= 0.3 is 0 Å². The van der Waals surface area contributed by atoms with Crippen LogP contribution in [-0.2, 0) is 0 Å². The maximum atomic E-state index is 3.92. The lowest BCUT2D eigenvalue weighted by Gasteiger charge is -2.34. The van der Waals surface area contributed by atoms with Crippen molar-refractivity contribution in [2.45, 2.75) is 129 Å². The van der Waals surface area contributed by atoms with Crippen molar-refractivity contribution >= 4 is 0 Å². The van der Waals surface area contributed by atoms with Crippen molar-refractivity contribution in [3.05, 3.63) is 36.5 Å². The summed E-state index contributed by atoms with van der Waals surface area (Å²) in [5, 5.41) is 0. The van der Waals surface area contributed by atoms with Gasteiger partial charge < -0.3 is 4.90 Å². The second kappa shape index (κ2) is 21.0. The van der Waals surface area contributed by atoms with Crippen LogP contribution in [0.2, 0.25) is 0 Å². The van der Waals surface area contributed by atoms with E-state index in [0.717, 1.165) is 12.3 Å². The molecular weight excluding hydrogens is 374 g/mol. The van der Waals surface area contributed by atoms with E-state index in [0.29, 0.717) is 11.0 Å². The first-order valence-electron chi connectivity index (χ1n) is 12.6. The molecule has 31 heavy (non-hydrogen) atoms. The van der Waals surface area contributed by atoms with Crippen molar-refractivity contribution in [3.8, 4) is 0 Å². The Labute approximate surface area is 201 Å². The van der Waals surface area contributed by atoms with Gasteiger partial charge in [-0.15, -0.1) is 0 Å². The molecule has 0 unspecified atom stereocenters. The van der Waals surface area contributed by atoms with Gasteiger partial charge in [-0.05, 0) is 75.6 Å². The number of nitrogens with zero attached hydrogens (tertiary/aromatic N) is 1. The minimum atomic E-state index is 0.165. The van der Waals surface area contributed by atoms with Gasteiger partial charge in [0.1, 0.15) is 0 Å². The summed E-state index contributed by atoms with van der Waals surface area (Å²) in [6.07, 6.45) is 6.30. The second-order valence-electron chi connectivity index (χ2n) is 10.4. The third kappa shape index (κ3) is 23.7. The Morgan fingerprint density at radius 3 is 1.29 bits per heavy atom. The fourth-order valence-corrected chi connectivity index (χ4v) is 3.68. The molecule has 0 spiro atoms. The van der Waals surface area contributed by atoms with Crippen LogP contribution in [-0.4, -0.2) is 24.5 Å². The van der Waals surface area contributed by atoms with E-state index in [1.54, 1.807) is 0 Å². The highest BCUT2D eigenvalue weighted by atomic mass is 15.1. The standard InChI is InChI=1S/C15H26.C9H21N.3C2H6/c1-9-12(3)13(10-2)15(7,8)11-14(4,5)6;1-8(2)7-9(3,4)10(5)6;3*1-2/h9-10H,1-2,11H2,3-8H3;8H,7H2,1-6H3;3*1-2H3/b13-12+;;;;. The smallest absolute Gasteiger partial charge is 0.0149 e. The van der Waals surface area contributed by atoms with Crippen LogP contribution in [0.4, 0.5) is 0 Å². The maximum Gasteiger partial charge on any atom is 0.0149 e. The summed E-state index contributed by atoms with van der Waals surface area (Å²) in [6, 6.07) is 0. The highest BCUT2D eigenvalue weighted by Crippen LogP contribution is 2.40. The van der Waals surface area contributed by atoms with E-state index in [2.05, 4.69) is 101 Å². The molecule has 0 aromatic heterocycles. The third-order valence-electron chi connectivity index (χ3n) is 4.75. The first-order chi connectivity index (χ1) is 14.0. The first-order valence-corrected chi connectivity index (χ1v) is 12.6. The van der Waals surface area contributed by atoms with Crippen molar-refractivity contribution in [1.82, 2.24) is 4.90 Å². The van der Waals surface area contributed by atoms with Gasteiger partial charge in [-0.1, -0.05) is 115 Å². The van der Waals surface area contributed by atoms with Crippen molar-refractivity contribution in [1.29, 1.82) is 0 Å². The first kappa shape index (κ1) is 40.5. The molecule has 0 heterocycles. The number of rotatable bonds is 7. The predicted molar refractivity (Wildman–Crippen MR) is 152 cm³/mol. The topological polar surface area (TPSA) is 3.24 Å². The predicted octanol–water partition coefficient (Wildman–Crippen LogP) is 10.6. The van der Waals surface area contributed by atoms with Crippen LogP contribution in [0.25, 0.3) is 0 Å². The Balaban J connectivity index is -0.000000122. The molecule has 1 nitrogen and oxygen atoms in total. The molecule has 0 amide bonds. The zero-order chi connectivity index (χ0) is 26.6. The average molecular weight is 440 g/mol. The van der Waals surface area contributed by atoms with Gasteiger partial charge in [-0.2, -0.15) is 0 Å². The largest absolute Gasteiger partial charge is 0.304 e. The molecule has 0 aliphatic carbocycles. The molecule has 0 radical (unpaired) electrons. The lowest BCUT2D eigenvalue weighted by Crippen LogP contribution is -2.39. The Morgan fingerprint density at radius 2 is 1.13 bits per heavy atom. The van der Waals surface area contributed by atoms with E-state index in [1.807, 2.05) is 53.7 Å². The zero-order valence-electron chi connectivity index (χ0n) is 25.5. The molecule has 0 saturated carbocycles. The van der Waals surface area contributed by atoms with E-state index in [9.17, 15) is 0 Å². The van der Waals surface area contributed by atoms with E-state index in [1.165, 1.54) is 17.6 Å². The maximum absolute atomic E-state index is 3.92. The summed E-state index contributed by atoms with van der Waals surface area (Å²) < 4.78 is 0. The minimum Gasteiger partial charge on any atom is -0.304 e. The summed E-state index contributed by atoms with van der Waals surface area (Å²) in [4.78, 5) is 2.28. The Hall–Kier alpha value is -0.820. The molecule has 0 atom stereocenters. The van der Waals surface area contributed by atoms with Crippen molar-refractivity contribution in [2.75, 3.05) is 14.1 Å². The lowest BCUT2D eigenvalue weighted by molar-refractivity contribution is 0.163. The van der Waals surface area contributed by atoms with Crippen LogP contribution in [0.15, 0.2) is 36.5 Å². The third-order valence-corrected chi connectivity index (χ3v) is 4.75. The van der Waals surface area contributed by atoms with Crippen LogP contribution in [0.1, 0.15) is 124 Å². The van der Waals surface area contributed by atoms with Crippen LogP contribution >= 0.6 is 0 Å². The van der Waals surface area contributed by atoms with Crippen LogP contribution in [0.5, 0.6) is 0 Å². The lowest BCUT2D eigenvalue weighted by atomic mass is 9.71. The number of allylic oxidation sites excluding steroid dienone is 4. The molecule has 0 N–H and O–H groups in total. The molecule has 0 aliphatic heterocycles. The molecule has 0 saturated heterocycles. The van der Waals surface area contributed by atoms with E-state index < -0.39 is 0 Å². The second-order valence-corrected chi connectivity index (χ2v) is 10.4.